The molecule has 3 aromatic carbocycles. The van der Waals surface area contributed by atoms with Crippen molar-refractivity contribution in [1.82, 2.24) is 9.55 Å². The van der Waals surface area contributed by atoms with E-state index in [0.717, 1.165) is 33.4 Å². The summed E-state index contributed by atoms with van der Waals surface area (Å²) in [7, 11) is 0. The Kier molecular flexibility index (Phi) is 3.97. The maximum atomic E-state index is 13.4. The van der Waals surface area contributed by atoms with Gasteiger partial charge in [0.05, 0.1) is 23.1 Å². The zero-order valence-electron chi connectivity index (χ0n) is 14.4. The number of aromatic nitrogens is 2. The average molecular weight is 422 g/mol. The van der Waals surface area contributed by atoms with Crippen LogP contribution in [0.15, 0.2) is 77.3 Å². The summed E-state index contributed by atoms with van der Waals surface area (Å²) >= 11 is 3.52. The van der Waals surface area contributed by atoms with Crippen LogP contribution in [0.5, 0.6) is 0 Å². The third-order valence-corrected chi connectivity index (χ3v) is 5.73. The number of anilines is 1. The Morgan fingerprint density at radius 2 is 1.63 bits per heavy atom. The Balaban J connectivity index is 1.65. The summed E-state index contributed by atoms with van der Waals surface area (Å²) in [6.45, 7) is 0. The zero-order chi connectivity index (χ0) is 18.4. The number of halogens is 2. The van der Waals surface area contributed by atoms with Gasteiger partial charge in [-0.15, -0.1) is 0 Å². The summed E-state index contributed by atoms with van der Waals surface area (Å²) in [6.07, 6.45) is 0.862. The van der Waals surface area contributed by atoms with Gasteiger partial charge in [-0.2, -0.15) is 0 Å². The number of rotatable bonds is 2. The second-order valence-electron chi connectivity index (χ2n) is 6.85. The molecule has 1 aromatic heterocycles. The van der Waals surface area contributed by atoms with E-state index in [1.165, 1.54) is 17.7 Å². The monoisotopic (exact) mass is 421 g/mol. The summed E-state index contributed by atoms with van der Waals surface area (Å²) in [5, 5.41) is 3.55. The van der Waals surface area contributed by atoms with Gasteiger partial charge < -0.3 is 9.88 Å². The van der Waals surface area contributed by atoms with Crippen LogP contribution in [0, 0.1) is 5.82 Å². The number of para-hydroxylation sites is 2. The first-order valence-electron chi connectivity index (χ1n) is 8.93. The minimum absolute atomic E-state index is 0.0727. The lowest BCUT2D eigenvalue weighted by Gasteiger charge is -2.33. The zero-order valence-corrected chi connectivity index (χ0v) is 16.0. The number of benzene rings is 3. The predicted molar refractivity (Wildman–Crippen MR) is 109 cm³/mol. The highest BCUT2D eigenvalue weighted by atomic mass is 79.9. The minimum Gasteiger partial charge on any atom is -0.349 e. The first-order chi connectivity index (χ1) is 13.2. The molecule has 0 saturated heterocycles. The van der Waals surface area contributed by atoms with Gasteiger partial charge in [-0.3, -0.25) is 0 Å². The van der Waals surface area contributed by atoms with Gasteiger partial charge in [-0.1, -0.05) is 52.3 Å². The number of fused-ring (bicyclic) bond motifs is 3. The van der Waals surface area contributed by atoms with Crippen molar-refractivity contribution in [2.24, 2.45) is 0 Å². The highest BCUT2D eigenvalue weighted by Crippen LogP contribution is 2.41. The molecule has 0 amide bonds. The molecule has 4 aromatic rings. The molecule has 0 radical (unpaired) electrons. The van der Waals surface area contributed by atoms with E-state index in [1.54, 1.807) is 0 Å². The van der Waals surface area contributed by atoms with Crippen molar-refractivity contribution < 1.29 is 4.39 Å². The molecule has 3 nitrogen and oxygen atoms in total. The SMILES string of the molecule is Fc1ccc([C@H]2C[C@@H](c3ccc(Br)cc3)n3c(nc4ccccc43)N2)cc1. The molecule has 2 atom stereocenters. The lowest BCUT2D eigenvalue weighted by Crippen LogP contribution is -2.27. The van der Waals surface area contributed by atoms with Crippen LogP contribution in [0.25, 0.3) is 11.0 Å². The molecule has 1 N–H and O–H groups in total. The lowest BCUT2D eigenvalue weighted by molar-refractivity contribution is 0.477. The van der Waals surface area contributed by atoms with Crippen LogP contribution >= 0.6 is 15.9 Å². The van der Waals surface area contributed by atoms with Gasteiger partial charge in [-0.25, -0.2) is 9.37 Å². The van der Waals surface area contributed by atoms with E-state index in [9.17, 15) is 4.39 Å². The Bertz CT molecular complexity index is 1100. The highest BCUT2D eigenvalue weighted by Gasteiger charge is 2.30. The summed E-state index contributed by atoms with van der Waals surface area (Å²) in [5.41, 5.74) is 4.39. The summed E-state index contributed by atoms with van der Waals surface area (Å²) in [5.74, 6) is 0.635. The van der Waals surface area contributed by atoms with E-state index in [1.807, 2.05) is 30.3 Å². The second kappa shape index (κ2) is 6.50. The standard InChI is InChI=1S/C22H17BrFN3/c23-16-9-5-15(6-10-16)21-13-19(14-7-11-17(24)12-8-14)26-22-25-18-3-1-2-4-20(18)27(21)22/h1-12,19,21H,13H2,(H,25,26)/t19-,21+/m1/s1. The van der Waals surface area contributed by atoms with E-state index in [4.69, 9.17) is 4.98 Å². The van der Waals surface area contributed by atoms with Crippen LogP contribution in [0.4, 0.5) is 10.3 Å². The molecule has 0 fully saturated rings. The van der Waals surface area contributed by atoms with Crippen LogP contribution in [0.3, 0.4) is 0 Å². The van der Waals surface area contributed by atoms with Crippen LogP contribution < -0.4 is 5.32 Å². The maximum absolute atomic E-state index is 13.4. The third-order valence-electron chi connectivity index (χ3n) is 5.20. The van der Waals surface area contributed by atoms with Crippen molar-refractivity contribution in [3.05, 3.63) is 94.2 Å². The number of nitrogens with one attached hydrogen (secondary N) is 1. The van der Waals surface area contributed by atoms with Crippen LogP contribution in [-0.4, -0.2) is 9.55 Å². The topological polar surface area (TPSA) is 29.9 Å². The summed E-state index contributed by atoms with van der Waals surface area (Å²) in [4.78, 5) is 4.81. The largest absolute Gasteiger partial charge is 0.349 e. The Morgan fingerprint density at radius 1 is 0.926 bits per heavy atom. The third kappa shape index (κ3) is 2.92. The Morgan fingerprint density at radius 3 is 2.41 bits per heavy atom. The van der Waals surface area contributed by atoms with Crippen molar-refractivity contribution in [2.75, 3.05) is 5.32 Å². The number of nitrogens with zero attached hydrogens (tertiary/aromatic N) is 2. The average Bonchev–Trinajstić information content (AvgIpc) is 3.07. The van der Waals surface area contributed by atoms with E-state index in [-0.39, 0.29) is 17.9 Å². The molecular formula is C22H17BrFN3. The highest BCUT2D eigenvalue weighted by molar-refractivity contribution is 9.10. The van der Waals surface area contributed by atoms with Crippen LogP contribution in [-0.2, 0) is 0 Å². The second-order valence-corrected chi connectivity index (χ2v) is 7.76. The summed E-state index contributed by atoms with van der Waals surface area (Å²) < 4.78 is 16.7. The van der Waals surface area contributed by atoms with Crippen molar-refractivity contribution in [2.45, 2.75) is 18.5 Å². The van der Waals surface area contributed by atoms with Crippen molar-refractivity contribution in [1.29, 1.82) is 0 Å². The van der Waals surface area contributed by atoms with Crippen LogP contribution in [0.2, 0.25) is 0 Å². The van der Waals surface area contributed by atoms with Gasteiger partial charge >= 0.3 is 0 Å². The van der Waals surface area contributed by atoms with Crippen LogP contribution in [0.1, 0.15) is 29.6 Å². The quantitative estimate of drug-likeness (QED) is 0.424. The van der Waals surface area contributed by atoms with E-state index in [0.29, 0.717) is 0 Å². The number of imidazole rings is 1. The Labute approximate surface area is 165 Å². The van der Waals surface area contributed by atoms with Crippen molar-refractivity contribution in [3.63, 3.8) is 0 Å². The molecule has 5 heteroatoms. The Hall–Kier alpha value is -2.66. The molecule has 1 aliphatic rings. The molecular weight excluding hydrogens is 405 g/mol. The fraction of sp³-hybridized carbons (Fsp3) is 0.136. The fourth-order valence-corrected chi connectivity index (χ4v) is 4.15. The summed E-state index contributed by atoms with van der Waals surface area (Å²) in [6, 6.07) is 23.6. The molecule has 134 valence electrons. The van der Waals surface area contributed by atoms with E-state index >= 15 is 0 Å². The van der Waals surface area contributed by atoms with E-state index in [2.05, 4.69) is 56.1 Å². The van der Waals surface area contributed by atoms with Gasteiger partial charge in [-0.05, 0) is 53.9 Å². The van der Waals surface area contributed by atoms with Gasteiger partial charge in [0.2, 0.25) is 5.95 Å². The fourth-order valence-electron chi connectivity index (χ4n) is 3.89. The maximum Gasteiger partial charge on any atom is 0.204 e. The van der Waals surface area contributed by atoms with Crippen molar-refractivity contribution >= 4 is 32.9 Å². The van der Waals surface area contributed by atoms with Gasteiger partial charge in [0.15, 0.2) is 0 Å². The molecule has 0 aliphatic carbocycles. The predicted octanol–water partition coefficient (Wildman–Crippen LogP) is 6.08. The van der Waals surface area contributed by atoms with Crippen molar-refractivity contribution in [3.8, 4) is 0 Å². The molecule has 5 rings (SSSR count). The van der Waals surface area contributed by atoms with Gasteiger partial charge in [0, 0.05) is 4.47 Å². The first kappa shape index (κ1) is 16.5. The van der Waals surface area contributed by atoms with Gasteiger partial charge in [0.25, 0.3) is 0 Å². The van der Waals surface area contributed by atoms with E-state index < -0.39 is 0 Å². The molecule has 0 bridgehead atoms. The number of hydrogen-bond donors (Lipinski definition) is 1. The molecule has 0 unspecified atom stereocenters. The molecule has 27 heavy (non-hydrogen) atoms. The number of hydrogen-bond acceptors (Lipinski definition) is 2. The normalized spacial score (nSPS) is 18.9. The molecule has 0 spiro atoms. The molecule has 0 saturated carbocycles. The first-order valence-corrected chi connectivity index (χ1v) is 9.73. The minimum atomic E-state index is -0.216. The smallest absolute Gasteiger partial charge is 0.204 e. The molecule has 2 heterocycles. The van der Waals surface area contributed by atoms with Gasteiger partial charge in [0.1, 0.15) is 5.82 Å². The molecule has 1 aliphatic heterocycles. The lowest BCUT2D eigenvalue weighted by atomic mass is 9.93.